The van der Waals surface area contributed by atoms with Crippen LogP contribution in [0.1, 0.15) is 11.1 Å². The minimum atomic E-state index is -0.188. The van der Waals surface area contributed by atoms with E-state index >= 15 is 0 Å². The maximum Gasteiger partial charge on any atom is 0.247 e. The Morgan fingerprint density at radius 3 is 2.45 bits per heavy atom. The van der Waals surface area contributed by atoms with Crippen LogP contribution < -0.4 is 16.2 Å². The topological polar surface area (TPSA) is 125 Å². The highest BCUT2D eigenvalue weighted by Crippen LogP contribution is 2.25. The van der Waals surface area contributed by atoms with Gasteiger partial charge in [-0.25, -0.2) is 4.98 Å². The van der Waals surface area contributed by atoms with Gasteiger partial charge in [-0.2, -0.15) is 0 Å². The molecule has 0 fully saturated rings. The number of hydrogen-bond donors (Lipinski definition) is 3. The lowest BCUT2D eigenvalue weighted by Gasteiger charge is -2.14. The molecule has 4 rings (SSSR count). The summed E-state index contributed by atoms with van der Waals surface area (Å²) in [7, 11) is 0. The summed E-state index contributed by atoms with van der Waals surface area (Å²) in [6, 6.07) is 14.3. The van der Waals surface area contributed by atoms with E-state index in [1.165, 1.54) is 6.07 Å². The molecule has 0 aromatic carbocycles. The van der Waals surface area contributed by atoms with Crippen LogP contribution >= 0.6 is 0 Å². The van der Waals surface area contributed by atoms with Gasteiger partial charge in [0, 0.05) is 49.2 Å². The molecule has 0 aliphatic heterocycles. The maximum atomic E-state index is 11.6. The third-order valence-electron chi connectivity index (χ3n) is 4.69. The Labute approximate surface area is 189 Å². The molecule has 4 heterocycles. The molecule has 0 spiro atoms. The van der Waals surface area contributed by atoms with Crippen LogP contribution in [0, 0.1) is 0 Å². The smallest absolute Gasteiger partial charge is 0.247 e. The molecule has 4 aromatic heterocycles. The van der Waals surface area contributed by atoms with Crippen LogP contribution in [0.25, 0.3) is 11.3 Å². The number of aliphatic imine (C=N–C) groups is 1. The lowest BCUT2D eigenvalue weighted by Crippen LogP contribution is -2.16. The first-order valence-electron chi connectivity index (χ1n) is 10.2. The molecule has 164 valence electrons. The fourth-order valence-electron chi connectivity index (χ4n) is 3.03. The van der Waals surface area contributed by atoms with Gasteiger partial charge in [0.25, 0.3) is 0 Å². The van der Waals surface area contributed by atoms with Crippen molar-refractivity contribution in [3.63, 3.8) is 0 Å². The Kier molecular flexibility index (Phi) is 6.92. The number of anilines is 2. The highest BCUT2D eigenvalue weighted by Gasteiger charge is 2.10. The van der Waals surface area contributed by atoms with Crippen LogP contribution in [-0.2, 0) is 17.9 Å². The van der Waals surface area contributed by atoms with Gasteiger partial charge in [0.2, 0.25) is 5.56 Å². The largest absolute Gasteiger partial charge is 0.364 e. The Balaban J connectivity index is 1.61. The van der Waals surface area contributed by atoms with E-state index in [-0.39, 0.29) is 11.4 Å². The number of hydrogen-bond acceptors (Lipinski definition) is 7. The number of H-pyrrole nitrogens is 1. The van der Waals surface area contributed by atoms with Crippen molar-refractivity contribution in [2.45, 2.75) is 13.1 Å². The quantitative estimate of drug-likeness (QED) is 0.219. The molecular weight excluding hydrogens is 418 g/mol. The summed E-state index contributed by atoms with van der Waals surface area (Å²) in [6.07, 6.45) is 9.12. The van der Waals surface area contributed by atoms with Crippen molar-refractivity contribution in [1.82, 2.24) is 19.9 Å². The number of rotatable bonds is 8. The summed E-state index contributed by atoms with van der Waals surface area (Å²) in [5.41, 5.74) is 3.68. The van der Waals surface area contributed by atoms with E-state index in [1.54, 1.807) is 43.1 Å². The van der Waals surface area contributed by atoms with Gasteiger partial charge >= 0.3 is 0 Å². The number of amidine groups is 1. The Morgan fingerprint density at radius 1 is 1.00 bits per heavy atom. The molecule has 0 aliphatic carbocycles. The summed E-state index contributed by atoms with van der Waals surface area (Å²) in [5, 5.41) is 6.34. The summed E-state index contributed by atoms with van der Waals surface area (Å²) >= 11 is 0. The van der Waals surface area contributed by atoms with E-state index in [2.05, 4.69) is 30.6 Å². The molecule has 0 amide bonds. The molecule has 33 heavy (non-hydrogen) atoms. The van der Waals surface area contributed by atoms with E-state index in [1.807, 2.05) is 30.3 Å². The monoisotopic (exact) mass is 439 g/mol. The van der Waals surface area contributed by atoms with Gasteiger partial charge in [0.15, 0.2) is 17.9 Å². The number of nitrogens with zero attached hydrogens (tertiary/aromatic N) is 4. The van der Waals surface area contributed by atoms with Crippen LogP contribution in [0.5, 0.6) is 0 Å². The molecule has 0 bridgehead atoms. The van der Waals surface area contributed by atoms with Gasteiger partial charge in [-0.3, -0.25) is 24.5 Å². The molecule has 4 aromatic rings. The predicted octanol–water partition coefficient (Wildman–Crippen LogP) is 3.05. The number of aromatic nitrogens is 4. The van der Waals surface area contributed by atoms with Crippen molar-refractivity contribution in [2.75, 3.05) is 10.6 Å². The molecule has 0 saturated heterocycles. The van der Waals surface area contributed by atoms with Crippen molar-refractivity contribution < 1.29 is 4.79 Å². The molecule has 0 aliphatic rings. The number of carbonyl (C=O) groups excluding carboxylic acids is 1. The third kappa shape index (κ3) is 5.95. The van der Waals surface area contributed by atoms with E-state index in [0.717, 1.165) is 16.7 Å². The Morgan fingerprint density at radius 2 is 1.79 bits per heavy atom. The zero-order chi connectivity index (χ0) is 22.9. The fraction of sp³-hybridized carbons (Fsp3) is 0.0833. The average Bonchev–Trinajstić information content (AvgIpc) is 2.87. The maximum absolute atomic E-state index is 11.6. The highest BCUT2D eigenvalue weighted by molar-refractivity contribution is 6.33. The van der Waals surface area contributed by atoms with Crippen molar-refractivity contribution in [3.8, 4) is 11.3 Å². The van der Waals surface area contributed by atoms with Gasteiger partial charge < -0.3 is 15.6 Å². The second kappa shape index (κ2) is 10.6. The van der Waals surface area contributed by atoms with Crippen LogP contribution in [-0.4, -0.2) is 32.1 Å². The second-order valence-corrected chi connectivity index (χ2v) is 7.05. The van der Waals surface area contributed by atoms with Crippen molar-refractivity contribution in [1.29, 1.82) is 0 Å². The van der Waals surface area contributed by atoms with Crippen LogP contribution in [0.4, 0.5) is 11.5 Å². The number of aromatic amines is 1. The first-order valence-corrected chi connectivity index (χ1v) is 10.2. The number of nitrogens with one attached hydrogen (secondary N) is 3. The van der Waals surface area contributed by atoms with Crippen molar-refractivity contribution in [2.24, 2.45) is 4.99 Å². The normalized spacial score (nSPS) is 11.1. The minimum absolute atomic E-state index is 0.168. The summed E-state index contributed by atoms with van der Waals surface area (Å²) in [4.78, 5) is 42.9. The van der Waals surface area contributed by atoms with Gasteiger partial charge in [0.05, 0.1) is 17.9 Å². The average molecular weight is 439 g/mol. The van der Waals surface area contributed by atoms with Crippen LogP contribution in [0.3, 0.4) is 0 Å². The SMILES string of the molecule is O=CC(=NCc1cccnc1)Nc1ccc(-c2ccc(=O)[nH]c2)nc1NCc1cccnc1. The number of pyridine rings is 4. The third-order valence-corrected chi connectivity index (χ3v) is 4.69. The molecule has 9 nitrogen and oxygen atoms in total. The zero-order valence-electron chi connectivity index (χ0n) is 17.6. The predicted molar refractivity (Wildman–Crippen MR) is 127 cm³/mol. The van der Waals surface area contributed by atoms with Gasteiger partial charge in [-0.05, 0) is 41.5 Å². The molecule has 0 radical (unpaired) electrons. The van der Waals surface area contributed by atoms with Crippen molar-refractivity contribution >= 4 is 23.6 Å². The lowest BCUT2D eigenvalue weighted by molar-refractivity contribution is -0.102. The Hall–Kier alpha value is -4.66. The van der Waals surface area contributed by atoms with Gasteiger partial charge in [0.1, 0.15) is 0 Å². The Bertz CT molecular complexity index is 1280. The second-order valence-electron chi connectivity index (χ2n) is 7.05. The van der Waals surface area contributed by atoms with E-state index in [4.69, 9.17) is 4.98 Å². The molecule has 0 unspecified atom stereocenters. The standard InChI is InChI=1S/C24H21N7O2/c32-16-22(27-13-17-3-1-9-25-11-17)30-21-7-6-20(19-5-8-23(33)28-15-19)31-24(21)29-14-18-4-2-10-26-12-18/h1-12,15-16H,13-14H2,(H,27,30)(H,28,33)(H,29,31). The van der Waals surface area contributed by atoms with E-state index in [9.17, 15) is 9.59 Å². The molecule has 0 saturated carbocycles. The van der Waals surface area contributed by atoms with Crippen LogP contribution in [0.15, 0.2) is 89.3 Å². The molecule has 0 atom stereocenters. The van der Waals surface area contributed by atoms with Crippen LogP contribution in [0.2, 0.25) is 0 Å². The van der Waals surface area contributed by atoms with Crippen molar-refractivity contribution in [3.05, 3.63) is 101 Å². The van der Waals surface area contributed by atoms with E-state index in [0.29, 0.717) is 36.6 Å². The number of carbonyl (C=O) groups is 1. The minimum Gasteiger partial charge on any atom is -0.364 e. The van der Waals surface area contributed by atoms with E-state index < -0.39 is 0 Å². The summed E-state index contributed by atoms with van der Waals surface area (Å²) < 4.78 is 0. The zero-order valence-corrected chi connectivity index (χ0v) is 17.6. The molecule has 9 heteroatoms. The number of aldehydes is 1. The first-order chi connectivity index (χ1) is 16.2. The molecular formula is C24H21N7O2. The van der Waals surface area contributed by atoms with Gasteiger partial charge in [-0.1, -0.05) is 12.1 Å². The summed E-state index contributed by atoms with van der Waals surface area (Å²) in [5.74, 6) is 0.695. The highest BCUT2D eigenvalue weighted by atomic mass is 16.1. The lowest BCUT2D eigenvalue weighted by atomic mass is 10.2. The fourth-order valence-corrected chi connectivity index (χ4v) is 3.03. The summed E-state index contributed by atoms with van der Waals surface area (Å²) in [6.45, 7) is 0.796. The first kappa shape index (κ1) is 21.6. The van der Waals surface area contributed by atoms with Gasteiger partial charge in [-0.15, -0.1) is 0 Å². The molecule has 3 N–H and O–H groups in total.